The van der Waals surface area contributed by atoms with Crippen LogP contribution in [0.5, 0.6) is 0 Å². The van der Waals surface area contributed by atoms with Crippen LogP contribution in [0.4, 0.5) is 5.82 Å². The fraction of sp³-hybridized carbons (Fsp3) is 0.233. The average Bonchev–Trinajstić information content (AvgIpc) is 3.22. The third-order valence-electron chi connectivity index (χ3n) is 6.97. The van der Waals surface area contributed by atoms with E-state index in [4.69, 9.17) is 37.7 Å². The van der Waals surface area contributed by atoms with E-state index in [0.29, 0.717) is 65.4 Å². The van der Waals surface area contributed by atoms with Crippen LogP contribution in [0.15, 0.2) is 71.5 Å². The predicted octanol–water partition coefficient (Wildman–Crippen LogP) is 6.24. The number of amides is 1. The molecular weight excluding hydrogens is 547 g/mol. The van der Waals surface area contributed by atoms with Crippen LogP contribution in [0.1, 0.15) is 33.7 Å². The third-order valence-corrected chi connectivity index (χ3v) is 7.41. The Kier molecular flexibility index (Phi) is 7.36. The number of hydrogen-bond donors (Lipinski definition) is 0. The summed E-state index contributed by atoms with van der Waals surface area (Å²) in [6.45, 7) is 4.45. The number of carbonyl (C=O) groups is 1. The Labute approximate surface area is 241 Å². The van der Waals surface area contributed by atoms with Crippen molar-refractivity contribution >= 4 is 46.0 Å². The maximum atomic E-state index is 13.3. The zero-order chi connectivity index (χ0) is 27.6. The summed E-state index contributed by atoms with van der Waals surface area (Å²) in [5.74, 6) is 1.29. The van der Waals surface area contributed by atoms with Gasteiger partial charge in [-0.3, -0.25) is 9.78 Å². The van der Waals surface area contributed by atoms with E-state index in [1.807, 2.05) is 17.0 Å². The molecule has 3 aromatic heterocycles. The van der Waals surface area contributed by atoms with Crippen LogP contribution in [-0.2, 0) is 6.42 Å². The van der Waals surface area contributed by atoms with E-state index in [0.717, 1.165) is 28.8 Å². The van der Waals surface area contributed by atoms with E-state index in [1.165, 1.54) is 5.56 Å². The molecule has 1 fully saturated rings. The van der Waals surface area contributed by atoms with E-state index in [-0.39, 0.29) is 5.91 Å². The normalized spacial score (nSPS) is 14.0. The van der Waals surface area contributed by atoms with Crippen molar-refractivity contribution in [2.24, 2.45) is 0 Å². The number of fused-ring (bicyclic) bond motifs is 1. The van der Waals surface area contributed by atoms with E-state index in [1.54, 1.807) is 30.6 Å². The van der Waals surface area contributed by atoms with Crippen molar-refractivity contribution in [3.8, 4) is 11.3 Å². The highest BCUT2D eigenvalue weighted by molar-refractivity contribution is 6.35. The van der Waals surface area contributed by atoms with Crippen molar-refractivity contribution < 1.29 is 9.32 Å². The highest BCUT2D eigenvalue weighted by atomic mass is 35.5. The summed E-state index contributed by atoms with van der Waals surface area (Å²) >= 11 is 12.3. The molecule has 1 amide bonds. The largest absolute Gasteiger partial charge is 0.354 e. The molecule has 0 spiro atoms. The summed E-state index contributed by atoms with van der Waals surface area (Å²) in [6, 6.07) is 17.1. The van der Waals surface area contributed by atoms with Gasteiger partial charge in [-0.2, -0.15) is 4.98 Å². The van der Waals surface area contributed by atoms with Gasteiger partial charge in [0.15, 0.2) is 0 Å². The van der Waals surface area contributed by atoms with Gasteiger partial charge in [-0.15, -0.1) is 0 Å². The maximum absolute atomic E-state index is 13.3. The second-order valence-corrected chi connectivity index (χ2v) is 10.7. The van der Waals surface area contributed by atoms with Gasteiger partial charge in [0.1, 0.15) is 22.7 Å². The van der Waals surface area contributed by atoms with E-state index >= 15 is 0 Å². The fourth-order valence-electron chi connectivity index (χ4n) is 4.97. The van der Waals surface area contributed by atoms with Gasteiger partial charge in [-0.25, -0.2) is 4.98 Å². The second-order valence-electron chi connectivity index (χ2n) is 9.87. The van der Waals surface area contributed by atoms with Gasteiger partial charge >= 0.3 is 0 Å². The fourth-order valence-corrected chi connectivity index (χ4v) is 5.49. The van der Waals surface area contributed by atoms with Crippen molar-refractivity contribution in [3.63, 3.8) is 0 Å². The molecule has 2 aromatic carbocycles. The number of anilines is 1. The second kappa shape index (κ2) is 11.2. The molecule has 0 bridgehead atoms. The number of benzene rings is 2. The van der Waals surface area contributed by atoms with Crippen LogP contribution >= 0.6 is 23.2 Å². The summed E-state index contributed by atoms with van der Waals surface area (Å²) in [5.41, 5.74) is 4.68. The highest BCUT2D eigenvalue weighted by Gasteiger charge is 2.26. The standard InChI is InChI=1S/C30H26Cl2N6O2/c1-19-5-7-20(8-6-19)14-25-34-28(26-27(36-40-29(26)35-25)21-4-2-9-33-18-21)37-10-3-11-38(13-12-37)30(39)22-15-23(31)17-24(32)16-22/h2,4-9,15-18H,3,10-14H2,1H3. The average molecular weight is 573 g/mol. The lowest BCUT2D eigenvalue weighted by Gasteiger charge is -2.24. The molecule has 0 radical (unpaired) electrons. The molecular formula is C30H26Cl2N6O2. The third kappa shape index (κ3) is 5.50. The molecule has 0 N–H and O–H groups in total. The SMILES string of the molecule is Cc1ccc(Cc2nc(N3CCCN(C(=O)c4cc(Cl)cc(Cl)c4)CC3)c3c(-c4cccnc4)noc3n2)cc1. The number of aryl methyl sites for hydroxylation is 1. The van der Waals surface area contributed by atoms with E-state index < -0.39 is 0 Å². The van der Waals surface area contributed by atoms with Gasteiger partial charge in [0.25, 0.3) is 11.6 Å². The Morgan fingerprint density at radius 3 is 2.52 bits per heavy atom. The molecule has 5 aromatic rings. The Morgan fingerprint density at radius 2 is 1.77 bits per heavy atom. The van der Waals surface area contributed by atoms with Gasteiger partial charge in [-0.05, 0) is 49.2 Å². The topological polar surface area (TPSA) is 88.3 Å². The first-order chi connectivity index (χ1) is 19.4. The minimum Gasteiger partial charge on any atom is -0.354 e. The molecule has 1 saturated heterocycles. The minimum absolute atomic E-state index is 0.0971. The molecule has 0 unspecified atom stereocenters. The van der Waals surface area contributed by atoms with Crippen LogP contribution in [0.25, 0.3) is 22.4 Å². The molecule has 1 aliphatic heterocycles. The molecule has 1 aliphatic rings. The van der Waals surface area contributed by atoms with Crippen LogP contribution in [0, 0.1) is 6.92 Å². The number of rotatable bonds is 5. The summed E-state index contributed by atoms with van der Waals surface area (Å²) in [4.78, 5) is 31.4. The van der Waals surface area contributed by atoms with Crippen molar-refractivity contribution in [2.45, 2.75) is 19.8 Å². The lowest BCUT2D eigenvalue weighted by Crippen LogP contribution is -2.35. The molecule has 10 heteroatoms. The van der Waals surface area contributed by atoms with Crippen LogP contribution in [0.2, 0.25) is 10.0 Å². The summed E-state index contributed by atoms with van der Waals surface area (Å²) in [5, 5.41) is 5.98. The Balaban J connectivity index is 1.35. The molecule has 6 rings (SSSR count). The van der Waals surface area contributed by atoms with E-state index in [9.17, 15) is 4.79 Å². The summed E-state index contributed by atoms with van der Waals surface area (Å²) < 4.78 is 5.76. The van der Waals surface area contributed by atoms with Gasteiger partial charge < -0.3 is 14.3 Å². The van der Waals surface area contributed by atoms with Crippen molar-refractivity contribution in [3.05, 3.63) is 99.6 Å². The van der Waals surface area contributed by atoms with Gasteiger partial charge in [0.2, 0.25) is 0 Å². The van der Waals surface area contributed by atoms with Gasteiger partial charge in [0.05, 0.1) is 0 Å². The number of carbonyl (C=O) groups excluding carboxylic acids is 1. The predicted molar refractivity (Wildman–Crippen MR) is 156 cm³/mol. The Bertz CT molecular complexity index is 1650. The van der Waals surface area contributed by atoms with E-state index in [2.05, 4.69) is 46.2 Å². The monoisotopic (exact) mass is 572 g/mol. The van der Waals surface area contributed by atoms with Crippen LogP contribution in [0.3, 0.4) is 0 Å². The summed E-state index contributed by atoms with van der Waals surface area (Å²) in [7, 11) is 0. The zero-order valence-corrected chi connectivity index (χ0v) is 23.4. The van der Waals surface area contributed by atoms with Crippen molar-refractivity contribution in [1.29, 1.82) is 0 Å². The number of hydrogen-bond acceptors (Lipinski definition) is 7. The molecule has 8 nitrogen and oxygen atoms in total. The Morgan fingerprint density at radius 1 is 0.975 bits per heavy atom. The number of halogens is 2. The first-order valence-corrected chi connectivity index (χ1v) is 13.8. The zero-order valence-electron chi connectivity index (χ0n) is 21.8. The molecule has 0 atom stereocenters. The van der Waals surface area contributed by atoms with Gasteiger partial charge in [-0.1, -0.05) is 58.2 Å². The lowest BCUT2D eigenvalue weighted by atomic mass is 10.1. The lowest BCUT2D eigenvalue weighted by molar-refractivity contribution is 0.0767. The number of aromatic nitrogens is 4. The minimum atomic E-state index is -0.0971. The first kappa shape index (κ1) is 26.2. The maximum Gasteiger partial charge on any atom is 0.263 e. The Hall–Kier alpha value is -4.01. The molecule has 0 saturated carbocycles. The van der Waals surface area contributed by atoms with Crippen molar-refractivity contribution in [1.82, 2.24) is 25.0 Å². The van der Waals surface area contributed by atoms with Crippen LogP contribution in [-0.4, -0.2) is 57.1 Å². The highest BCUT2D eigenvalue weighted by Crippen LogP contribution is 2.34. The number of nitrogens with zero attached hydrogens (tertiary/aromatic N) is 6. The quantitative estimate of drug-likeness (QED) is 0.246. The van der Waals surface area contributed by atoms with Crippen molar-refractivity contribution in [2.75, 3.05) is 31.1 Å². The summed E-state index contributed by atoms with van der Waals surface area (Å²) in [6.07, 6.45) is 4.78. The smallest absolute Gasteiger partial charge is 0.263 e. The molecule has 202 valence electrons. The van der Waals surface area contributed by atoms with Crippen LogP contribution < -0.4 is 4.90 Å². The number of pyridine rings is 1. The molecule has 40 heavy (non-hydrogen) atoms. The molecule has 0 aliphatic carbocycles. The van der Waals surface area contributed by atoms with Gasteiger partial charge in [0, 0.05) is 66.2 Å². The first-order valence-electron chi connectivity index (χ1n) is 13.1. The molecule has 4 heterocycles.